The molecule has 0 fully saturated rings. The fourth-order valence-electron chi connectivity index (χ4n) is 1.90. The van der Waals surface area contributed by atoms with Crippen molar-refractivity contribution in [3.8, 4) is 11.1 Å². The van der Waals surface area contributed by atoms with Crippen molar-refractivity contribution in [2.45, 2.75) is 19.4 Å². The zero-order valence-electron chi connectivity index (χ0n) is 12.8. The Kier molecular flexibility index (Phi) is 6.13. The Balaban J connectivity index is 1.86. The predicted octanol–water partition coefficient (Wildman–Crippen LogP) is 3.87. The molecule has 0 spiro atoms. The van der Waals surface area contributed by atoms with Gasteiger partial charge >= 0.3 is 5.97 Å². The highest BCUT2D eigenvalue weighted by molar-refractivity contribution is 5.89. The first-order chi connectivity index (χ1) is 10.7. The van der Waals surface area contributed by atoms with Crippen molar-refractivity contribution in [1.29, 1.82) is 0 Å². The highest BCUT2D eigenvalue weighted by Gasteiger charge is 2.09. The van der Waals surface area contributed by atoms with Crippen molar-refractivity contribution in [3.63, 3.8) is 0 Å². The average Bonchev–Trinajstić information content (AvgIpc) is 2.59. The van der Waals surface area contributed by atoms with E-state index in [2.05, 4.69) is 0 Å². The lowest BCUT2D eigenvalue weighted by Crippen LogP contribution is -2.12. The van der Waals surface area contributed by atoms with E-state index in [4.69, 9.17) is 14.5 Å². The second kappa shape index (κ2) is 8.32. The van der Waals surface area contributed by atoms with Gasteiger partial charge in [0, 0.05) is 13.5 Å². The van der Waals surface area contributed by atoms with E-state index < -0.39 is 5.97 Å². The Hall–Kier alpha value is -2.17. The Morgan fingerprint density at radius 2 is 1.64 bits per heavy atom. The second-order valence-corrected chi connectivity index (χ2v) is 4.97. The van der Waals surface area contributed by atoms with Gasteiger partial charge in [-0.3, -0.25) is 4.89 Å². The van der Waals surface area contributed by atoms with Crippen LogP contribution in [0, 0.1) is 0 Å². The number of hydrogen-bond donors (Lipinski definition) is 0. The van der Waals surface area contributed by atoms with Crippen LogP contribution >= 0.6 is 0 Å². The lowest BCUT2D eigenvalue weighted by molar-refractivity contribution is -0.244. The topological polar surface area (TPSA) is 44.8 Å². The van der Waals surface area contributed by atoms with E-state index in [1.54, 1.807) is 19.2 Å². The smallest absolute Gasteiger partial charge is 0.373 e. The summed E-state index contributed by atoms with van der Waals surface area (Å²) in [6.07, 6.45) is 0.736. The van der Waals surface area contributed by atoms with Gasteiger partial charge in [0.05, 0.1) is 18.3 Å². The van der Waals surface area contributed by atoms with Gasteiger partial charge in [0.15, 0.2) is 0 Å². The van der Waals surface area contributed by atoms with Gasteiger partial charge in [0.1, 0.15) is 0 Å². The molecule has 116 valence electrons. The number of carbonyl (C=O) groups excluding carboxylic acids is 1. The molecule has 2 rings (SSSR count). The molecule has 1 atom stereocenters. The van der Waals surface area contributed by atoms with E-state index >= 15 is 0 Å². The maximum absolute atomic E-state index is 11.8. The summed E-state index contributed by atoms with van der Waals surface area (Å²) in [6, 6.07) is 17.2. The number of carbonyl (C=O) groups is 1. The van der Waals surface area contributed by atoms with Crippen LogP contribution in [0.3, 0.4) is 0 Å². The molecule has 2 aromatic rings. The molecule has 22 heavy (non-hydrogen) atoms. The molecule has 0 N–H and O–H groups in total. The van der Waals surface area contributed by atoms with Gasteiger partial charge in [-0.1, -0.05) is 42.5 Å². The van der Waals surface area contributed by atoms with Gasteiger partial charge in [-0.2, -0.15) is 4.89 Å². The molecular weight excluding hydrogens is 280 g/mol. The molecule has 0 saturated heterocycles. The highest BCUT2D eigenvalue weighted by atomic mass is 17.2. The summed E-state index contributed by atoms with van der Waals surface area (Å²) in [6.45, 7) is 2.23. The van der Waals surface area contributed by atoms with Crippen molar-refractivity contribution < 1.29 is 19.3 Å². The number of hydrogen-bond acceptors (Lipinski definition) is 4. The van der Waals surface area contributed by atoms with Crippen molar-refractivity contribution in [2.75, 3.05) is 13.7 Å². The summed E-state index contributed by atoms with van der Waals surface area (Å²) in [5.41, 5.74) is 2.61. The van der Waals surface area contributed by atoms with Crippen LogP contribution in [0.15, 0.2) is 54.6 Å². The number of methoxy groups -OCH3 is 1. The van der Waals surface area contributed by atoms with Gasteiger partial charge in [0.2, 0.25) is 0 Å². The molecule has 2 aromatic carbocycles. The lowest BCUT2D eigenvalue weighted by atomic mass is 10.0. The first kappa shape index (κ1) is 16.2. The Bertz CT molecular complexity index is 578. The first-order valence-corrected chi connectivity index (χ1v) is 7.23. The molecule has 4 heteroatoms. The third-order valence-corrected chi connectivity index (χ3v) is 3.37. The molecule has 1 unspecified atom stereocenters. The van der Waals surface area contributed by atoms with Crippen molar-refractivity contribution in [3.05, 3.63) is 60.2 Å². The monoisotopic (exact) mass is 300 g/mol. The third-order valence-electron chi connectivity index (χ3n) is 3.37. The fraction of sp³-hybridized carbons (Fsp3) is 0.278. The number of rotatable bonds is 7. The highest BCUT2D eigenvalue weighted by Crippen LogP contribution is 2.19. The van der Waals surface area contributed by atoms with Crippen LogP contribution in [0.1, 0.15) is 23.7 Å². The van der Waals surface area contributed by atoms with Gasteiger partial charge in [-0.25, -0.2) is 4.79 Å². The molecule has 0 saturated carbocycles. The second-order valence-electron chi connectivity index (χ2n) is 4.97. The summed E-state index contributed by atoms with van der Waals surface area (Å²) >= 11 is 0. The number of ether oxygens (including phenoxy) is 1. The summed E-state index contributed by atoms with van der Waals surface area (Å²) in [7, 11) is 1.63. The quantitative estimate of drug-likeness (QED) is 0.442. The minimum atomic E-state index is -0.496. The number of benzene rings is 2. The maximum Gasteiger partial charge on any atom is 0.373 e. The molecule has 0 aliphatic rings. The van der Waals surface area contributed by atoms with E-state index in [1.807, 2.05) is 49.4 Å². The van der Waals surface area contributed by atoms with Crippen LogP contribution in [-0.2, 0) is 14.5 Å². The van der Waals surface area contributed by atoms with E-state index in [9.17, 15) is 4.79 Å². The SMILES string of the molecule is COC(C)CCOOC(=O)c1ccc(-c2ccccc2)cc1. The van der Waals surface area contributed by atoms with E-state index in [0.29, 0.717) is 18.6 Å². The molecule has 0 aliphatic heterocycles. The first-order valence-electron chi connectivity index (χ1n) is 7.23. The van der Waals surface area contributed by atoms with E-state index in [1.165, 1.54) is 0 Å². The van der Waals surface area contributed by atoms with Gasteiger partial charge < -0.3 is 4.74 Å². The fourth-order valence-corrected chi connectivity index (χ4v) is 1.90. The standard InChI is InChI=1S/C18H20O4/c1-14(20-2)12-13-21-22-18(19)17-10-8-16(9-11-17)15-6-4-3-5-7-15/h3-11,14H,12-13H2,1-2H3. The Morgan fingerprint density at radius 3 is 2.27 bits per heavy atom. The molecule has 0 radical (unpaired) electrons. The molecule has 0 aliphatic carbocycles. The van der Waals surface area contributed by atoms with Crippen LogP contribution in [0.5, 0.6) is 0 Å². The third kappa shape index (κ3) is 4.69. The van der Waals surface area contributed by atoms with Crippen molar-refractivity contribution >= 4 is 5.97 Å². The average molecular weight is 300 g/mol. The summed E-state index contributed by atoms with van der Waals surface area (Å²) in [5, 5.41) is 0. The van der Waals surface area contributed by atoms with Crippen LogP contribution in [0.4, 0.5) is 0 Å². The van der Waals surface area contributed by atoms with E-state index in [-0.39, 0.29) is 6.10 Å². The van der Waals surface area contributed by atoms with Crippen molar-refractivity contribution in [1.82, 2.24) is 0 Å². The minimum absolute atomic E-state index is 0.0730. The Labute approximate surface area is 130 Å². The predicted molar refractivity (Wildman–Crippen MR) is 84.3 cm³/mol. The summed E-state index contributed by atoms with van der Waals surface area (Å²) in [4.78, 5) is 21.5. The Morgan fingerprint density at radius 1 is 1.00 bits per heavy atom. The normalized spacial score (nSPS) is 11.9. The molecule has 0 amide bonds. The van der Waals surface area contributed by atoms with Gasteiger partial charge in [-0.15, -0.1) is 0 Å². The summed E-state index contributed by atoms with van der Waals surface area (Å²) in [5.74, 6) is -0.496. The van der Waals surface area contributed by atoms with Crippen LogP contribution in [0.2, 0.25) is 0 Å². The molecular formula is C18H20O4. The van der Waals surface area contributed by atoms with Gasteiger partial charge in [-0.05, 0) is 30.2 Å². The van der Waals surface area contributed by atoms with Gasteiger partial charge in [0.25, 0.3) is 0 Å². The molecule has 0 bridgehead atoms. The molecule has 4 nitrogen and oxygen atoms in total. The zero-order valence-corrected chi connectivity index (χ0v) is 12.8. The zero-order chi connectivity index (χ0) is 15.8. The minimum Gasteiger partial charge on any atom is -0.382 e. The summed E-state index contributed by atoms with van der Waals surface area (Å²) < 4.78 is 5.08. The van der Waals surface area contributed by atoms with Crippen LogP contribution in [0.25, 0.3) is 11.1 Å². The lowest BCUT2D eigenvalue weighted by Gasteiger charge is -2.08. The van der Waals surface area contributed by atoms with Crippen molar-refractivity contribution in [2.24, 2.45) is 0 Å². The maximum atomic E-state index is 11.8. The van der Waals surface area contributed by atoms with Crippen LogP contribution < -0.4 is 0 Å². The molecule has 0 aromatic heterocycles. The van der Waals surface area contributed by atoms with E-state index in [0.717, 1.165) is 11.1 Å². The molecule has 0 heterocycles. The van der Waals surface area contributed by atoms with Crippen LogP contribution in [-0.4, -0.2) is 25.8 Å². The largest absolute Gasteiger partial charge is 0.382 e.